The molecule has 130 valence electrons. The third-order valence-electron chi connectivity index (χ3n) is 3.19. The molecule has 0 aliphatic rings. The summed E-state index contributed by atoms with van der Waals surface area (Å²) in [6, 6.07) is 3.31. The summed E-state index contributed by atoms with van der Waals surface area (Å²) < 4.78 is 38.7. The Hall–Kier alpha value is -2.46. The fourth-order valence-corrected chi connectivity index (χ4v) is 1.91. The molecule has 0 aromatic carbocycles. The van der Waals surface area contributed by atoms with Crippen LogP contribution in [-0.2, 0) is 0 Å². The lowest BCUT2D eigenvalue weighted by atomic mass is 10.1. The minimum atomic E-state index is -4.45. The van der Waals surface area contributed by atoms with Crippen molar-refractivity contribution in [3.63, 3.8) is 0 Å². The third kappa shape index (κ3) is 5.00. The van der Waals surface area contributed by atoms with Crippen molar-refractivity contribution in [3.8, 4) is 11.8 Å². The van der Waals surface area contributed by atoms with E-state index in [1.165, 1.54) is 25.5 Å². The molecule has 0 saturated carbocycles. The zero-order valence-electron chi connectivity index (χ0n) is 13.7. The van der Waals surface area contributed by atoms with Gasteiger partial charge in [-0.2, -0.15) is 13.2 Å². The maximum absolute atomic E-state index is 12.9. The Labute approximate surface area is 148 Å². The SMILES string of the molecule is CC(=NC(C)(C)C(F)(F)F)c1ncc(C#Cc2ccnc(Cl)c2)cn1. The van der Waals surface area contributed by atoms with E-state index in [1.54, 1.807) is 12.1 Å². The zero-order valence-corrected chi connectivity index (χ0v) is 14.4. The highest BCUT2D eigenvalue weighted by atomic mass is 35.5. The predicted octanol–water partition coefficient (Wildman–Crippen LogP) is 4.07. The number of rotatable bonds is 2. The normalized spacial score (nSPS) is 12.5. The van der Waals surface area contributed by atoms with Crippen LogP contribution in [0.3, 0.4) is 0 Å². The molecule has 0 spiro atoms. The van der Waals surface area contributed by atoms with Crippen LogP contribution >= 0.6 is 11.6 Å². The Morgan fingerprint density at radius 3 is 2.24 bits per heavy atom. The van der Waals surface area contributed by atoms with Crippen molar-refractivity contribution >= 4 is 17.3 Å². The average molecular weight is 367 g/mol. The highest BCUT2D eigenvalue weighted by Gasteiger charge is 2.47. The third-order valence-corrected chi connectivity index (χ3v) is 3.40. The topological polar surface area (TPSA) is 51.0 Å². The summed E-state index contributed by atoms with van der Waals surface area (Å²) in [5.41, 5.74) is -0.921. The summed E-state index contributed by atoms with van der Waals surface area (Å²) in [5, 5.41) is 0.331. The van der Waals surface area contributed by atoms with Gasteiger partial charge in [-0.15, -0.1) is 0 Å². The molecule has 2 heterocycles. The number of pyridine rings is 1. The number of hydrogen-bond donors (Lipinski definition) is 0. The molecule has 0 N–H and O–H groups in total. The van der Waals surface area contributed by atoms with Gasteiger partial charge in [0.25, 0.3) is 0 Å². The van der Waals surface area contributed by atoms with Crippen molar-refractivity contribution in [2.75, 3.05) is 0 Å². The van der Waals surface area contributed by atoms with Crippen molar-refractivity contribution in [1.82, 2.24) is 15.0 Å². The lowest BCUT2D eigenvalue weighted by molar-refractivity contribution is -0.174. The number of alkyl halides is 3. The van der Waals surface area contributed by atoms with Gasteiger partial charge in [-0.1, -0.05) is 23.4 Å². The Morgan fingerprint density at radius 2 is 1.68 bits per heavy atom. The van der Waals surface area contributed by atoms with Crippen LogP contribution in [0, 0.1) is 11.8 Å². The summed E-state index contributed by atoms with van der Waals surface area (Å²) in [6.07, 6.45) is -0.0604. The number of halogens is 4. The summed E-state index contributed by atoms with van der Waals surface area (Å²) in [7, 11) is 0. The molecule has 25 heavy (non-hydrogen) atoms. The van der Waals surface area contributed by atoms with Gasteiger partial charge in [-0.25, -0.2) is 15.0 Å². The van der Waals surface area contributed by atoms with Crippen LogP contribution in [0.1, 0.15) is 37.7 Å². The molecule has 0 aliphatic carbocycles. The van der Waals surface area contributed by atoms with Gasteiger partial charge in [-0.3, -0.25) is 4.99 Å². The number of aromatic nitrogens is 3. The Bertz CT molecular complexity index is 847. The van der Waals surface area contributed by atoms with Crippen molar-refractivity contribution in [1.29, 1.82) is 0 Å². The zero-order chi connectivity index (χ0) is 18.7. The Morgan fingerprint density at radius 1 is 1.08 bits per heavy atom. The van der Waals surface area contributed by atoms with E-state index in [4.69, 9.17) is 11.6 Å². The van der Waals surface area contributed by atoms with Gasteiger partial charge in [0, 0.05) is 24.2 Å². The van der Waals surface area contributed by atoms with Crippen LogP contribution in [-0.4, -0.2) is 32.4 Å². The highest BCUT2D eigenvalue weighted by Crippen LogP contribution is 2.33. The summed E-state index contributed by atoms with van der Waals surface area (Å²) in [4.78, 5) is 15.6. The van der Waals surface area contributed by atoms with Crippen LogP contribution in [0.4, 0.5) is 13.2 Å². The van der Waals surface area contributed by atoms with Gasteiger partial charge in [0.2, 0.25) is 0 Å². The molecule has 0 bridgehead atoms. The molecular formula is C17H14ClF3N4. The number of hydrogen-bond acceptors (Lipinski definition) is 4. The van der Waals surface area contributed by atoms with Gasteiger partial charge in [0.1, 0.15) is 5.15 Å². The molecule has 0 atom stereocenters. The quantitative estimate of drug-likeness (QED) is 0.457. The smallest absolute Gasteiger partial charge is 0.271 e. The van der Waals surface area contributed by atoms with Gasteiger partial charge in [0.15, 0.2) is 11.4 Å². The molecule has 4 nitrogen and oxygen atoms in total. The molecule has 0 saturated heterocycles. The van der Waals surface area contributed by atoms with Gasteiger partial charge in [0.05, 0.1) is 11.3 Å². The number of aliphatic imine (C=N–C) groups is 1. The molecule has 2 rings (SSSR count). The first-order valence-corrected chi connectivity index (χ1v) is 7.55. The van der Waals surface area contributed by atoms with E-state index in [9.17, 15) is 13.2 Å². The summed E-state index contributed by atoms with van der Waals surface area (Å²) >= 11 is 5.77. The van der Waals surface area contributed by atoms with Gasteiger partial charge >= 0.3 is 6.18 Å². The second-order valence-corrected chi connectivity index (χ2v) is 6.05. The maximum Gasteiger partial charge on any atom is 0.413 e. The molecule has 8 heteroatoms. The van der Waals surface area contributed by atoms with Gasteiger partial charge < -0.3 is 0 Å². The Kier molecular flexibility index (Phi) is 5.43. The van der Waals surface area contributed by atoms with Crippen molar-refractivity contribution in [2.45, 2.75) is 32.5 Å². The fourth-order valence-electron chi connectivity index (χ4n) is 1.74. The maximum atomic E-state index is 12.9. The fraction of sp³-hybridized carbons (Fsp3) is 0.294. The molecular weight excluding hydrogens is 353 g/mol. The molecule has 0 radical (unpaired) electrons. The summed E-state index contributed by atoms with van der Waals surface area (Å²) in [5.74, 6) is 5.84. The average Bonchev–Trinajstić information content (AvgIpc) is 2.52. The molecule has 0 unspecified atom stereocenters. The van der Waals surface area contributed by atoms with E-state index >= 15 is 0 Å². The molecule has 2 aromatic heterocycles. The highest BCUT2D eigenvalue weighted by molar-refractivity contribution is 6.29. The summed E-state index contributed by atoms with van der Waals surface area (Å²) in [6.45, 7) is 3.43. The lowest BCUT2D eigenvalue weighted by Gasteiger charge is -2.23. The Balaban J connectivity index is 2.20. The molecule has 2 aromatic rings. The monoisotopic (exact) mass is 366 g/mol. The minimum Gasteiger partial charge on any atom is -0.271 e. The van der Waals surface area contributed by atoms with E-state index in [0.717, 1.165) is 13.8 Å². The van der Waals surface area contributed by atoms with Crippen molar-refractivity contribution in [2.24, 2.45) is 4.99 Å². The van der Waals surface area contributed by atoms with E-state index in [1.807, 2.05) is 0 Å². The van der Waals surface area contributed by atoms with E-state index in [2.05, 4.69) is 31.8 Å². The molecule has 0 aliphatic heterocycles. The second kappa shape index (κ2) is 7.19. The van der Waals surface area contributed by atoms with E-state index in [0.29, 0.717) is 16.3 Å². The van der Waals surface area contributed by atoms with Crippen LogP contribution in [0.25, 0.3) is 0 Å². The van der Waals surface area contributed by atoms with Crippen LogP contribution in [0.5, 0.6) is 0 Å². The molecule has 0 amide bonds. The largest absolute Gasteiger partial charge is 0.413 e. The van der Waals surface area contributed by atoms with E-state index in [-0.39, 0.29) is 11.5 Å². The number of nitrogens with zero attached hydrogens (tertiary/aromatic N) is 4. The first-order chi connectivity index (χ1) is 11.6. The van der Waals surface area contributed by atoms with Crippen molar-refractivity contribution in [3.05, 3.63) is 52.8 Å². The predicted molar refractivity (Wildman–Crippen MR) is 89.6 cm³/mol. The van der Waals surface area contributed by atoms with Crippen LogP contribution in [0.15, 0.2) is 35.7 Å². The van der Waals surface area contributed by atoms with Crippen molar-refractivity contribution < 1.29 is 13.2 Å². The first-order valence-electron chi connectivity index (χ1n) is 7.18. The first kappa shape index (κ1) is 18.9. The lowest BCUT2D eigenvalue weighted by Crippen LogP contribution is -2.38. The van der Waals surface area contributed by atoms with Crippen LogP contribution < -0.4 is 0 Å². The van der Waals surface area contributed by atoms with Gasteiger partial charge in [-0.05, 0) is 32.9 Å². The standard InChI is InChI=1S/C17H14ClF3N4/c1-11(25-16(2,3)17(19,20)21)15-23-9-13(10-24-15)5-4-12-6-7-22-14(18)8-12/h6-10H,1-3H3. The minimum absolute atomic E-state index is 0.0998. The van der Waals surface area contributed by atoms with Crippen LogP contribution in [0.2, 0.25) is 5.15 Å². The second-order valence-electron chi connectivity index (χ2n) is 5.67. The van der Waals surface area contributed by atoms with E-state index < -0.39 is 11.7 Å². The molecule has 0 fully saturated rings.